The van der Waals surface area contributed by atoms with E-state index in [9.17, 15) is 18.0 Å². The summed E-state index contributed by atoms with van der Waals surface area (Å²) in [5, 5.41) is 7.28. The molecule has 3 aliphatic rings. The first-order chi connectivity index (χ1) is 9.31. The largest absolute Gasteiger partial charge is 0.490 e. The van der Waals surface area contributed by atoms with Crippen molar-refractivity contribution >= 4 is 5.97 Å². The Morgan fingerprint density at radius 1 is 1.55 bits per heavy atom. The number of carbonyl (C=O) groups excluding carboxylic acids is 1. The SMILES string of the molecule is Cn1cnc(C23CC(CCC2OC(=O)C(F)(F)F)N3)n1. The van der Waals surface area contributed by atoms with E-state index >= 15 is 0 Å². The topological polar surface area (TPSA) is 69.0 Å². The number of hydrogen-bond acceptors (Lipinski definition) is 5. The van der Waals surface area contributed by atoms with Gasteiger partial charge in [0.2, 0.25) is 0 Å². The van der Waals surface area contributed by atoms with E-state index in [2.05, 4.69) is 20.1 Å². The molecule has 1 aromatic heterocycles. The molecule has 0 aromatic carbocycles. The van der Waals surface area contributed by atoms with E-state index in [0.29, 0.717) is 25.1 Å². The molecule has 3 heterocycles. The van der Waals surface area contributed by atoms with Crippen LogP contribution in [0.4, 0.5) is 13.2 Å². The number of rotatable bonds is 2. The van der Waals surface area contributed by atoms with E-state index in [4.69, 9.17) is 0 Å². The third-order valence-corrected chi connectivity index (χ3v) is 3.84. The van der Waals surface area contributed by atoms with Gasteiger partial charge < -0.3 is 4.74 Å². The number of nitrogens with one attached hydrogen (secondary N) is 1. The van der Waals surface area contributed by atoms with E-state index in [1.54, 1.807) is 7.05 Å². The van der Waals surface area contributed by atoms with Crippen molar-refractivity contribution in [1.29, 1.82) is 0 Å². The van der Waals surface area contributed by atoms with Crippen LogP contribution in [0.2, 0.25) is 0 Å². The molecule has 1 saturated carbocycles. The summed E-state index contributed by atoms with van der Waals surface area (Å²) in [6.45, 7) is 0. The highest BCUT2D eigenvalue weighted by atomic mass is 19.4. The molecule has 20 heavy (non-hydrogen) atoms. The maximum absolute atomic E-state index is 12.3. The van der Waals surface area contributed by atoms with Crippen LogP contribution in [0.5, 0.6) is 0 Å². The Bertz CT molecular complexity index is 536. The monoisotopic (exact) mass is 290 g/mol. The Morgan fingerprint density at radius 2 is 2.25 bits per heavy atom. The summed E-state index contributed by atoms with van der Waals surface area (Å²) < 4.78 is 43.2. The standard InChI is InChI=1S/C11H13F3N4O2/c1-18-5-15-8(17-18)10-4-6(16-10)2-3-7(10)20-9(19)11(12,13)14/h5-7,16H,2-4H2,1H3. The van der Waals surface area contributed by atoms with Gasteiger partial charge in [-0.15, -0.1) is 0 Å². The van der Waals surface area contributed by atoms with Crippen LogP contribution in [0.15, 0.2) is 6.33 Å². The number of fused-ring (bicyclic) bond motifs is 2. The average molecular weight is 290 g/mol. The number of carbonyl (C=O) groups is 1. The van der Waals surface area contributed by atoms with Crippen LogP contribution in [0.25, 0.3) is 0 Å². The van der Waals surface area contributed by atoms with Gasteiger partial charge in [0.25, 0.3) is 0 Å². The van der Waals surface area contributed by atoms with Crippen molar-refractivity contribution < 1.29 is 22.7 Å². The molecule has 1 N–H and O–H groups in total. The number of ether oxygens (including phenoxy) is 1. The van der Waals surface area contributed by atoms with Crippen molar-refractivity contribution in [3.63, 3.8) is 0 Å². The second-order valence-electron chi connectivity index (χ2n) is 5.23. The second-order valence-corrected chi connectivity index (χ2v) is 5.23. The summed E-state index contributed by atoms with van der Waals surface area (Å²) in [5.41, 5.74) is -0.884. The Balaban J connectivity index is 1.84. The molecular weight excluding hydrogens is 277 g/mol. The van der Waals surface area contributed by atoms with Crippen LogP contribution in [0, 0.1) is 0 Å². The zero-order chi connectivity index (χ0) is 14.5. The molecule has 110 valence electrons. The third-order valence-electron chi connectivity index (χ3n) is 3.84. The van der Waals surface area contributed by atoms with Crippen molar-refractivity contribution in [2.75, 3.05) is 0 Å². The fourth-order valence-electron chi connectivity index (χ4n) is 2.93. The number of esters is 1. The van der Waals surface area contributed by atoms with Crippen LogP contribution < -0.4 is 5.32 Å². The Kier molecular flexibility index (Phi) is 2.79. The molecule has 2 aliphatic heterocycles. The molecule has 0 amide bonds. The normalized spacial score (nSPS) is 32.6. The molecule has 4 rings (SSSR count). The average Bonchev–Trinajstić information content (AvgIpc) is 2.74. The van der Waals surface area contributed by atoms with Gasteiger partial charge in [-0.2, -0.15) is 18.3 Å². The van der Waals surface area contributed by atoms with Gasteiger partial charge in [-0.3, -0.25) is 10.00 Å². The van der Waals surface area contributed by atoms with E-state index < -0.39 is 23.8 Å². The lowest BCUT2D eigenvalue weighted by Crippen LogP contribution is -2.71. The van der Waals surface area contributed by atoms with Crippen molar-refractivity contribution in [3.05, 3.63) is 12.2 Å². The first-order valence-corrected chi connectivity index (χ1v) is 6.23. The lowest BCUT2D eigenvalue weighted by molar-refractivity contribution is -0.216. The third kappa shape index (κ3) is 1.96. The lowest BCUT2D eigenvalue weighted by Gasteiger charge is -2.55. The van der Waals surface area contributed by atoms with Gasteiger partial charge in [0.15, 0.2) is 5.82 Å². The molecule has 1 aromatic rings. The van der Waals surface area contributed by atoms with Crippen molar-refractivity contribution in [3.8, 4) is 0 Å². The molecule has 2 bridgehead atoms. The number of nitrogens with zero attached hydrogens (tertiary/aromatic N) is 3. The molecule has 9 heteroatoms. The van der Waals surface area contributed by atoms with Gasteiger partial charge in [0, 0.05) is 13.1 Å². The summed E-state index contributed by atoms with van der Waals surface area (Å²) >= 11 is 0. The first kappa shape index (κ1) is 13.3. The highest BCUT2D eigenvalue weighted by Gasteiger charge is 2.59. The molecule has 3 fully saturated rings. The molecule has 3 unspecified atom stereocenters. The maximum Gasteiger partial charge on any atom is 0.490 e. The highest BCUT2D eigenvalue weighted by Crippen LogP contribution is 2.46. The minimum absolute atomic E-state index is 0.222. The molecule has 1 aliphatic carbocycles. The molecular formula is C11H13F3N4O2. The highest BCUT2D eigenvalue weighted by molar-refractivity contribution is 5.76. The molecule has 0 spiro atoms. The van der Waals surface area contributed by atoms with Gasteiger partial charge in [-0.1, -0.05) is 0 Å². The maximum atomic E-state index is 12.3. The van der Waals surface area contributed by atoms with Crippen LogP contribution in [0.1, 0.15) is 25.1 Å². The van der Waals surface area contributed by atoms with Crippen LogP contribution in [0.3, 0.4) is 0 Å². The predicted octanol–water partition coefficient (Wildman–Crippen LogP) is 0.640. The summed E-state index contributed by atoms with van der Waals surface area (Å²) in [7, 11) is 1.67. The summed E-state index contributed by atoms with van der Waals surface area (Å²) in [5.74, 6) is -1.79. The zero-order valence-corrected chi connectivity index (χ0v) is 10.6. The number of halogens is 3. The van der Waals surface area contributed by atoms with E-state index in [-0.39, 0.29) is 6.04 Å². The van der Waals surface area contributed by atoms with Gasteiger partial charge in [0.05, 0.1) is 0 Å². The minimum atomic E-state index is -4.99. The molecule has 3 atom stereocenters. The van der Waals surface area contributed by atoms with Gasteiger partial charge in [-0.05, 0) is 19.3 Å². The van der Waals surface area contributed by atoms with Crippen molar-refractivity contribution in [2.24, 2.45) is 7.05 Å². The van der Waals surface area contributed by atoms with E-state index in [0.717, 1.165) is 0 Å². The van der Waals surface area contributed by atoms with Gasteiger partial charge in [-0.25, -0.2) is 9.78 Å². The second kappa shape index (κ2) is 4.18. The summed E-state index contributed by atoms with van der Waals surface area (Å²) in [6.07, 6.45) is -2.80. The van der Waals surface area contributed by atoms with Crippen molar-refractivity contribution in [1.82, 2.24) is 20.1 Å². The van der Waals surface area contributed by atoms with E-state index in [1.807, 2.05) is 0 Å². The Morgan fingerprint density at radius 3 is 2.80 bits per heavy atom. The molecule has 2 saturated heterocycles. The fourth-order valence-corrected chi connectivity index (χ4v) is 2.93. The number of aromatic nitrogens is 3. The number of aryl methyl sites for hydroxylation is 1. The fraction of sp³-hybridized carbons (Fsp3) is 0.727. The lowest BCUT2D eigenvalue weighted by atomic mass is 9.68. The van der Waals surface area contributed by atoms with Gasteiger partial charge >= 0.3 is 12.1 Å². The van der Waals surface area contributed by atoms with Crippen molar-refractivity contribution in [2.45, 2.75) is 43.1 Å². The number of piperidine rings is 1. The minimum Gasteiger partial charge on any atom is -0.453 e. The van der Waals surface area contributed by atoms with Gasteiger partial charge in [0.1, 0.15) is 18.0 Å². The Hall–Kier alpha value is -1.64. The van der Waals surface area contributed by atoms with Crippen LogP contribution in [-0.2, 0) is 22.1 Å². The molecule has 6 nitrogen and oxygen atoms in total. The smallest absolute Gasteiger partial charge is 0.453 e. The quantitative estimate of drug-likeness (QED) is 0.810. The number of hydrogen-bond donors (Lipinski definition) is 1. The number of alkyl halides is 3. The van der Waals surface area contributed by atoms with Crippen LogP contribution in [-0.4, -0.2) is 39.1 Å². The summed E-state index contributed by atoms with van der Waals surface area (Å²) in [4.78, 5) is 15.1. The first-order valence-electron chi connectivity index (χ1n) is 6.23. The Labute approximate surface area is 112 Å². The molecule has 0 radical (unpaired) electrons. The predicted molar refractivity (Wildman–Crippen MR) is 59.4 cm³/mol. The zero-order valence-electron chi connectivity index (χ0n) is 10.6. The van der Waals surface area contributed by atoms with Crippen LogP contribution >= 0.6 is 0 Å². The van der Waals surface area contributed by atoms with E-state index in [1.165, 1.54) is 11.0 Å². The summed E-state index contributed by atoms with van der Waals surface area (Å²) in [6, 6.07) is 0.222.